The molecule has 0 aromatic heterocycles. The van der Waals surface area contributed by atoms with Gasteiger partial charge in [-0.25, -0.2) is 0 Å². The van der Waals surface area contributed by atoms with Gasteiger partial charge in [-0.05, 0) is 25.8 Å². The Morgan fingerprint density at radius 1 is 1.12 bits per heavy atom. The fraction of sp³-hybridized carbons (Fsp3) is 0.571. The number of benzene rings is 1. The van der Waals surface area contributed by atoms with E-state index >= 15 is 0 Å². The molecule has 0 heterocycles. The van der Waals surface area contributed by atoms with Crippen LogP contribution in [0.3, 0.4) is 0 Å². The molecule has 0 aliphatic heterocycles. The Morgan fingerprint density at radius 3 is 2.19 bits per heavy atom. The Labute approximate surface area is 98.7 Å². The van der Waals surface area contributed by atoms with Crippen LogP contribution in [0.25, 0.3) is 0 Å². The van der Waals surface area contributed by atoms with Crippen molar-refractivity contribution in [1.82, 2.24) is 5.32 Å². The second kappa shape index (κ2) is 6.02. The molecule has 90 valence electrons. The van der Waals surface area contributed by atoms with Crippen LogP contribution in [0.2, 0.25) is 0 Å². The molecular formula is C14H23NO. The lowest BCUT2D eigenvalue weighted by Gasteiger charge is -2.14. The number of nitrogens with one attached hydrogen (secondary N) is 1. The van der Waals surface area contributed by atoms with Gasteiger partial charge in [0.1, 0.15) is 0 Å². The van der Waals surface area contributed by atoms with Crippen LogP contribution in [0.15, 0.2) is 18.2 Å². The molecule has 0 fully saturated rings. The standard InChI is InChI=1S/C14H23NO/c1-10(2)15-9-14(16)8-13-6-11(3)5-12(4)7-13/h5-7,10,14-16H,8-9H2,1-4H3. The van der Waals surface area contributed by atoms with Gasteiger partial charge in [0.2, 0.25) is 0 Å². The molecule has 1 aromatic rings. The van der Waals surface area contributed by atoms with Gasteiger partial charge < -0.3 is 10.4 Å². The predicted octanol–water partition coefficient (Wildman–Crippen LogP) is 2.20. The molecule has 0 aliphatic carbocycles. The van der Waals surface area contributed by atoms with E-state index in [1.54, 1.807) is 0 Å². The van der Waals surface area contributed by atoms with Gasteiger partial charge in [0.15, 0.2) is 0 Å². The molecule has 2 N–H and O–H groups in total. The summed E-state index contributed by atoms with van der Waals surface area (Å²) in [7, 11) is 0. The van der Waals surface area contributed by atoms with E-state index in [2.05, 4.69) is 51.2 Å². The monoisotopic (exact) mass is 221 g/mol. The second-order valence-electron chi connectivity index (χ2n) is 4.92. The number of hydrogen-bond donors (Lipinski definition) is 2. The Kier molecular flexibility index (Phi) is 4.97. The van der Waals surface area contributed by atoms with Crippen molar-refractivity contribution in [3.8, 4) is 0 Å². The molecule has 2 heteroatoms. The maximum absolute atomic E-state index is 9.87. The van der Waals surface area contributed by atoms with Crippen LogP contribution < -0.4 is 5.32 Å². The molecular weight excluding hydrogens is 198 g/mol. The van der Waals surface area contributed by atoms with E-state index in [0.29, 0.717) is 12.6 Å². The quantitative estimate of drug-likeness (QED) is 0.799. The van der Waals surface area contributed by atoms with Crippen molar-refractivity contribution in [2.45, 2.75) is 46.3 Å². The zero-order chi connectivity index (χ0) is 12.1. The van der Waals surface area contributed by atoms with E-state index in [1.165, 1.54) is 16.7 Å². The van der Waals surface area contributed by atoms with Crippen LogP contribution in [0.5, 0.6) is 0 Å². The van der Waals surface area contributed by atoms with Gasteiger partial charge in [-0.3, -0.25) is 0 Å². The SMILES string of the molecule is Cc1cc(C)cc(CC(O)CNC(C)C)c1. The molecule has 0 radical (unpaired) electrons. The average Bonchev–Trinajstić information content (AvgIpc) is 2.12. The predicted molar refractivity (Wildman–Crippen MR) is 68.8 cm³/mol. The minimum Gasteiger partial charge on any atom is -0.391 e. The van der Waals surface area contributed by atoms with E-state index in [4.69, 9.17) is 0 Å². The lowest BCUT2D eigenvalue weighted by atomic mass is 10.0. The highest BCUT2D eigenvalue weighted by Gasteiger charge is 2.06. The van der Waals surface area contributed by atoms with E-state index < -0.39 is 0 Å². The minimum absolute atomic E-state index is 0.302. The van der Waals surface area contributed by atoms with Crippen LogP contribution in [-0.4, -0.2) is 23.8 Å². The zero-order valence-corrected chi connectivity index (χ0v) is 10.7. The van der Waals surface area contributed by atoms with E-state index in [1.807, 2.05) is 0 Å². The minimum atomic E-state index is -0.302. The van der Waals surface area contributed by atoms with E-state index in [9.17, 15) is 5.11 Å². The molecule has 1 unspecified atom stereocenters. The van der Waals surface area contributed by atoms with Crippen LogP contribution in [0, 0.1) is 13.8 Å². The van der Waals surface area contributed by atoms with Crippen LogP contribution >= 0.6 is 0 Å². The topological polar surface area (TPSA) is 32.3 Å². The average molecular weight is 221 g/mol. The third kappa shape index (κ3) is 4.77. The molecule has 0 amide bonds. The van der Waals surface area contributed by atoms with Crippen molar-refractivity contribution in [3.05, 3.63) is 34.9 Å². The first-order chi connectivity index (χ1) is 7.47. The van der Waals surface area contributed by atoms with Crippen molar-refractivity contribution in [3.63, 3.8) is 0 Å². The summed E-state index contributed by atoms with van der Waals surface area (Å²) in [5.74, 6) is 0. The summed E-state index contributed by atoms with van der Waals surface area (Å²) in [6.07, 6.45) is 0.422. The second-order valence-corrected chi connectivity index (χ2v) is 4.92. The van der Waals surface area contributed by atoms with Crippen LogP contribution in [0.1, 0.15) is 30.5 Å². The molecule has 0 spiro atoms. The molecule has 0 saturated heterocycles. The third-order valence-electron chi connectivity index (χ3n) is 2.51. The van der Waals surface area contributed by atoms with Crippen molar-refractivity contribution in [1.29, 1.82) is 0 Å². The maximum atomic E-state index is 9.87. The van der Waals surface area contributed by atoms with Gasteiger partial charge in [-0.1, -0.05) is 43.2 Å². The lowest BCUT2D eigenvalue weighted by molar-refractivity contribution is 0.169. The fourth-order valence-electron chi connectivity index (χ4n) is 1.90. The number of aryl methyl sites for hydroxylation is 2. The van der Waals surface area contributed by atoms with Gasteiger partial charge in [0.05, 0.1) is 6.10 Å². The molecule has 16 heavy (non-hydrogen) atoms. The molecule has 1 aromatic carbocycles. The molecule has 1 atom stereocenters. The normalized spacial score (nSPS) is 13.1. The smallest absolute Gasteiger partial charge is 0.0704 e. The number of aliphatic hydroxyl groups excluding tert-OH is 1. The van der Waals surface area contributed by atoms with Gasteiger partial charge in [0.25, 0.3) is 0 Å². The van der Waals surface area contributed by atoms with Crippen LogP contribution in [-0.2, 0) is 6.42 Å². The highest BCUT2D eigenvalue weighted by atomic mass is 16.3. The number of rotatable bonds is 5. The summed E-state index contributed by atoms with van der Waals surface area (Å²) in [6.45, 7) is 9.02. The molecule has 1 rings (SSSR count). The summed E-state index contributed by atoms with van der Waals surface area (Å²) in [5, 5.41) is 13.1. The third-order valence-corrected chi connectivity index (χ3v) is 2.51. The summed E-state index contributed by atoms with van der Waals surface area (Å²) < 4.78 is 0. The van der Waals surface area contributed by atoms with Crippen molar-refractivity contribution >= 4 is 0 Å². The van der Waals surface area contributed by atoms with E-state index in [-0.39, 0.29) is 6.10 Å². The highest BCUT2D eigenvalue weighted by molar-refractivity contribution is 5.28. The summed E-state index contributed by atoms with van der Waals surface area (Å²) in [6, 6.07) is 6.87. The van der Waals surface area contributed by atoms with Crippen molar-refractivity contribution in [2.75, 3.05) is 6.54 Å². The van der Waals surface area contributed by atoms with Crippen molar-refractivity contribution < 1.29 is 5.11 Å². The molecule has 2 nitrogen and oxygen atoms in total. The highest BCUT2D eigenvalue weighted by Crippen LogP contribution is 2.10. The van der Waals surface area contributed by atoms with Crippen molar-refractivity contribution in [2.24, 2.45) is 0 Å². The first-order valence-electron chi connectivity index (χ1n) is 5.96. The van der Waals surface area contributed by atoms with Gasteiger partial charge >= 0.3 is 0 Å². The Bertz CT molecular complexity index is 313. The summed E-state index contributed by atoms with van der Waals surface area (Å²) >= 11 is 0. The Morgan fingerprint density at radius 2 is 1.69 bits per heavy atom. The van der Waals surface area contributed by atoms with E-state index in [0.717, 1.165) is 6.42 Å². The fourth-order valence-corrected chi connectivity index (χ4v) is 1.90. The summed E-state index contributed by atoms with van der Waals surface area (Å²) in [5.41, 5.74) is 3.74. The zero-order valence-electron chi connectivity index (χ0n) is 10.7. The first kappa shape index (κ1) is 13.2. The number of aliphatic hydroxyl groups is 1. The lowest BCUT2D eigenvalue weighted by Crippen LogP contribution is -2.33. The maximum Gasteiger partial charge on any atom is 0.0704 e. The summed E-state index contributed by atoms with van der Waals surface area (Å²) in [4.78, 5) is 0. The molecule has 0 bridgehead atoms. The Hall–Kier alpha value is -0.860. The number of hydrogen-bond acceptors (Lipinski definition) is 2. The van der Waals surface area contributed by atoms with Gasteiger partial charge in [-0.2, -0.15) is 0 Å². The van der Waals surface area contributed by atoms with Gasteiger partial charge in [-0.15, -0.1) is 0 Å². The van der Waals surface area contributed by atoms with Gasteiger partial charge in [0, 0.05) is 12.6 Å². The first-order valence-corrected chi connectivity index (χ1v) is 5.96. The molecule has 0 aliphatic rings. The molecule has 0 saturated carbocycles. The van der Waals surface area contributed by atoms with Crippen LogP contribution in [0.4, 0.5) is 0 Å². The largest absolute Gasteiger partial charge is 0.391 e. The Balaban J connectivity index is 2.52.